The van der Waals surface area contributed by atoms with E-state index in [0.29, 0.717) is 22.9 Å². The third-order valence-corrected chi connectivity index (χ3v) is 3.19. The highest BCUT2D eigenvalue weighted by molar-refractivity contribution is 6.02. The van der Waals surface area contributed by atoms with Crippen molar-refractivity contribution in [2.24, 2.45) is 5.92 Å². The van der Waals surface area contributed by atoms with Gasteiger partial charge in [-0.3, -0.25) is 9.59 Å². The Hall–Kier alpha value is -3.02. The van der Waals surface area contributed by atoms with Crippen molar-refractivity contribution in [3.63, 3.8) is 0 Å². The molecule has 0 bridgehead atoms. The van der Waals surface area contributed by atoms with Crippen LogP contribution in [-0.2, 0) is 9.59 Å². The molecule has 2 rings (SSSR count). The second-order valence-corrected chi connectivity index (χ2v) is 5.40. The molecule has 0 aliphatic carbocycles. The molecule has 2 N–H and O–H groups in total. The summed E-state index contributed by atoms with van der Waals surface area (Å²) in [4.78, 5) is 23.7. The van der Waals surface area contributed by atoms with E-state index in [1.807, 2.05) is 13.8 Å². The number of carbonyl (C=O) groups excluding carboxylic acids is 2. The van der Waals surface area contributed by atoms with E-state index in [1.54, 1.807) is 36.4 Å². The van der Waals surface area contributed by atoms with E-state index in [2.05, 4.69) is 10.6 Å². The van der Waals surface area contributed by atoms with Crippen LogP contribution in [0.5, 0.6) is 5.75 Å². The fraction of sp³-hybridized carbons (Fsp3) is 0.222. The zero-order valence-electron chi connectivity index (χ0n) is 13.8. The summed E-state index contributed by atoms with van der Waals surface area (Å²) in [7, 11) is 1.50. The van der Waals surface area contributed by atoms with Crippen molar-refractivity contribution in [2.75, 3.05) is 17.7 Å². The summed E-state index contributed by atoms with van der Waals surface area (Å²) in [5.41, 5.74) is 1.11. The highest BCUT2D eigenvalue weighted by atomic mass is 16.5. The molecule has 0 radical (unpaired) electrons. The van der Waals surface area contributed by atoms with Gasteiger partial charge in [-0.2, -0.15) is 0 Å². The molecule has 0 spiro atoms. The maximum atomic E-state index is 11.9. The molecular weight excluding hydrogens is 308 g/mol. The van der Waals surface area contributed by atoms with Gasteiger partial charge in [-0.05, 0) is 30.3 Å². The maximum absolute atomic E-state index is 11.9. The van der Waals surface area contributed by atoms with E-state index in [9.17, 15) is 9.59 Å². The predicted octanol–water partition coefficient (Wildman–Crippen LogP) is 3.53. The van der Waals surface area contributed by atoms with Gasteiger partial charge in [0.1, 0.15) is 11.5 Å². The summed E-state index contributed by atoms with van der Waals surface area (Å²) in [6.45, 7) is 3.61. The zero-order valence-corrected chi connectivity index (χ0v) is 13.8. The molecule has 0 saturated carbocycles. The van der Waals surface area contributed by atoms with Crippen LogP contribution in [-0.4, -0.2) is 18.9 Å². The van der Waals surface area contributed by atoms with Crippen molar-refractivity contribution in [3.8, 4) is 5.75 Å². The van der Waals surface area contributed by atoms with E-state index in [-0.39, 0.29) is 17.7 Å². The number of nitrogens with one attached hydrogen (secondary N) is 2. The standard InChI is InChI=1S/C18H20N2O4/c1-12(2)18(22)20-15-8-6-13(11-16(15)23-3)19-17(21)9-7-14-5-4-10-24-14/h4-12H,1-3H3,(H,19,21)(H,20,22)/b9-7+. The quantitative estimate of drug-likeness (QED) is 0.795. The zero-order chi connectivity index (χ0) is 17.5. The van der Waals surface area contributed by atoms with E-state index in [4.69, 9.17) is 9.15 Å². The van der Waals surface area contributed by atoms with Gasteiger partial charge in [-0.15, -0.1) is 0 Å². The van der Waals surface area contributed by atoms with Crippen molar-refractivity contribution in [3.05, 3.63) is 48.4 Å². The number of hydrogen-bond donors (Lipinski definition) is 2. The first-order chi connectivity index (χ1) is 11.5. The number of amides is 2. The van der Waals surface area contributed by atoms with Gasteiger partial charge in [0.2, 0.25) is 11.8 Å². The highest BCUT2D eigenvalue weighted by Gasteiger charge is 2.11. The first kappa shape index (κ1) is 17.3. The Kier molecular flexibility index (Phi) is 5.78. The molecule has 0 atom stereocenters. The lowest BCUT2D eigenvalue weighted by molar-refractivity contribution is -0.119. The van der Waals surface area contributed by atoms with Crippen LogP contribution < -0.4 is 15.4 Å². The normalized spacial score (nSPS) is 10.8. The predicted molar refractivity (Wildman–Crippen MR) is 92.8 cm³/mol. The number of furan rings is 1. The van der Waals surface area contributed by atoms with Gasteiger partial charge >= 0.3 is 0 Å². The summed E-state index contributed by atoms with van der Waals surface area (Å²) in [5, 5.41) is 5.50. The number of carbonyl (C=O) groups is 2. The maximum Gasteiger partial charge on any atom is 0.248 e. The molecule has 1 aromatic heterocycles. The van der Waals surface area contributed by atoms with Crippen LogP contribution in [0.4, 0.5) is 11.4 Å². The SMILES string of the molecule is COc1cc(NC(=O)/C=C/c2ccco2)ccc1NC(=O)C(C)C. The lowest BCUT2D eigenvalue weighted by atomic mass is 10.2. The van der Waals surface area contributed by atoms with Gasteiger partial charge in [0.15, 0.2) is 0 Å². The average Bonchev–Trinajstić information content (AvgIpc) is 3.07. The van der Waals surface area contributed by atoms with Gasteiger partial charge in [0.25, 0.3) is 0 Å². The molecule has 24 heavy (non-hydrogen) atoms. The Morgan fingerprint density at radius 3 is 2.62 bits per heavy atom. The number of anilines is 2. The molecule has 1 aromatic carbocycles. The van der Waals surface area contributed by atoms with Crippen molar-refractivity contribution in [2.45, 2.75) is 13.8 Å². The fourth-order valence-corrected chi connectivity index (χ4v) is 1.88. The monoisotopic (exact) mass is 328 g/mol. The summed E-state index contributed by atoms with van der Waals surface area (Å²) < 4.78 is 10.4. The molecule has 2 aromatic rings. The lowest BCUT2D eigenvalue weighted by Gasteiger charge is -2.13. The van der Waals surface area contributed by atoms with Crippen molar-refractivity contribution >= 4 is 29.3 Å². The summed E-state index contributed by atoms with van der Waals surface area (Å²) in [5.74, 6) is 0.519. The smallest absolute Gasteiger partial charge is 0.248 e. The fourth-order valence-electron chi connectivity index (χ4n) is 1.88. The number of ether oxygens (including phenoxy) is 1. The topological polar surface area (TPSA) is 80.6 Å². The Bertz CT molecular complexity index is 733. The molecule has 6 heteroatoms. The van der Waals surface area contributed by atoms with Crippen LogP contribution in [0.25, 0.3) is 6.08 Å². The molecule has 0 saturated heterocycles. The molecule has 0 fully saturated rings. The Labute approximate surface area is 140 Å². The minimum Gasteiger partial charge on any atom is -0.494 e. The van der Waals surface area contributed by atoms with Gasteiger partial charge in [0.05, 0.1) is 19.1 Å². The van der Waals surface area contributed by atoms with Crippen LogP contribution in [0.1, 0.15) is 19.6 Å². The number of benzene rings is 1. The second-order valence-electron chi connectivity index (χ2n) is 5.40. The van der Waals surface area contributed by atoms with Gasteiger partial charge < -0.3 is 19.8 Å². The van der Waals surface area contributed by atoms with Gasteiger partial charge in [0, 0.05) is 23.7 Å². The first-order valence-corrected chi connectivity index (χ1v) is 7.51. The first-order valence-electron chi connectivity index (χ1n) is 7.51. The average molecular weight is 328 g/mol. The Morgan fingerprint density at radius 1 is 1.21 bits per heavy atom. The second kappa shape index (κ2) is 8.01. The van der Waals surface area contributed by atoms with Gasteiger partial charge in [-0.25, -0.2) is 0 Å². The molecule has 1 heterocycles. The minimum atomic E-state index is -0.299. The number of methoxy groups -OCH3 is 1. The van der Waals surface area contributed by atoms with Crippen molar-refractivity contribution in [1.29, 1.82) is 0 Å². The third-order valence-electron chi connectivity index (χ3n) is 3.19. The molecule has 126 valence electrons. The summed E-state index contributed by atoms with van der Waals surface area (Å²) in [6, 6.07) is 8.52. The van der Waals surface area contributed by atoms with Crippen LogP contribution in [0.3, 0.4) is 0 Å². The summed E-state index contributed by atoms with van der Waals surface area (Å²) in [6.07, 6.45) is 4.48. The largest absolute Gasteiger partial charge is 0.494 e. The van der Waals surface area contributed by atoms with E-state index < -0.39 is 0 Å². The number of rotatable bonds is 6. The molecule has 0 aliphatic heterocycles. The molecule has 2 amide bonds. The number of hydrogen-bond acceptors (Lipinski definition) is 4. The van der Waals surface area contributed by atoms with E-state index >= 15 is 0 Å². The molecular formula is C18H20N2O4. The third kappa shape index (κ3) is 4.74. The van der Waals surface area contributed by atoms with Gasteiger partial charge in [-0.1, -0.05) is 13.8 Å². The Balaban J connectivity index is 2.06. The molecule has 0 aliphatic rings. The van der Waals surface area contributed by atoms with Crippen molar-refractivity contribution < 1.29 is 18.7 Å². The minimum absolute atomic E-state index is 0.105. The molecule has 0 unspecified atom stereocenters. The van der Waals surface area contributed by atoms with Crippen LogP contribution >= 0.6 is 0 Å². The van der Waals surface area contributed by atoms with Crippen LogP contribution in [0.2, 0.25) is 0 Å². The lowest BCUT2D eigenvalue weighted by Crippen LogP contribution is -2.18. The van der Waals surface area contributed by atoms with E-state index in [1.165, 1.54) is 19.4 Å². The molecule has 6 nitrogen and oxygen atoms in total. The van der Waals surface area contributed by atoms with Crippen molar-refractivity contribution in [1.82, 2.24) is 0 Å². The summed E-state index contributed by atoms with van der Waals surface area (Å²) >= 11 is 0. The Morgan fingerprint density at radius 2 is 2.00 bits per heavy atom. The van der Waals surface area contributed by atoms with Crippen LogP contribution in [0, 0.1) is 5.92 Å². The highest BCUT2D eigenvalue weighted by Crippen LogP contribution is 2.28. The van der Waals surface area contributed by atoms with E-state index in [0.717, 1.165) is 0 Å². The van der Waals surface area contributed by atoms with Crippen LogP contribution in [0.15, 0.2) is 47.1 Å².